The van der Waals surface area contributed by atoms with Crippen LogP contribution in [0.3, 0.4) is 0 Å². The van der Waals surface area contributed by atoms with Crippen LogP contribution in [0.1, 0.15) is 5.56 Å². The lowest BCUT2D eigenvalue weighted by Gasteiger charge is -2.11. The summed E-state index contributed by atoms with van der Waals surface area (Å²) in [6.07, 6.45) is 10.2. The van der Waals surface area contributed by atoms with E-state index in [9.17, 15) is 0 Å². The molecular weight excluding hydrogens is 188 g/mol. The van der Waals surface area contributed by atoms with Gasteiger partial charge in [0.15, 0.2) is 11.5 Å². The number of terminal acetylenes is 2. The van der Waals surface area contributed by atoms with Crippen LogP contribution in [0.5, 0.6) is 11.5 Å². The molecule has 0 spiro atoms. The molecule has 1 aromatic rings. The van der Waals surface area contributed by atoms with Crippen molar-refractivity contribution in [2.24, 2.45) is 0 Å². The number of hydrogen-bond donors (Lipinski definition) is 0. The van der Waals surface area contributed by atoms with Gasteiger partial charge in [0.1, 0.15) is 13.2 Å². The van der Waals surface area contributed by atoms with E-state index in [1.807, 2.05) is 19.1 Å². The Morgan fingerprint density at radius 2 is 1.80 bits per heavy atom. The second kappa shape index (κ2) is 5.62. The van der Waals surface area contributed by atoms with Gasteiger partial charge < -0.3 is 9.47 Å². The average molecular weight is 200 g/mol. The van der Waals surface area contributed by atoms with Gasteiger partial charge in [-0.1, -0.05) is 24.0 Å². The van der Waals surface area contributed by atoms with Crippen LogP contribution in [0.15, 0.2) is 18.2 Å². The quantitative estimate of drug-likeness (QED) is 0.692. The molecule has 0 saturated heterocycles. The molecule has 1 rings (SSSR count). The van der Waals surface area contributed by atoms with Gasteiger partial charge >= 0.3 is 0 Å². The standard InChI is InChI=1S/C13H12O2/c1-4-9-14-12-8-6-7-11(3)13(12)15-10-5-2/h1-2,6-8H,9-10H2,3H3. The van der Waals surface area contributed by atoms with E-state index in [0.29, 0.717) is 11.5 Å². The molecular formula is C13H12O2. The third kappa shape index (κ3) is 2.97. The Labute approximate surface area is 90.2 Å². The topological polar surface area (TPSA) is 18.5 Å². The molecule has 2 heteroatoms. The zero-order valence-corrected chi connectivity index (χ0v) is 8.62. The predicted octanol–water partition coefficient (Wildman–Crippen LogP) is 2.02. The number of para-hydroxylation sites is 1. The first-order valence-electron chi connectivity index (χ1n) is 4.51. The molecule has 0 bridgehead atoms. The molecule has 0 atom stereocenters. The zero-order valence-electron chi connectivity index (χ0n) is 8.62. The van der Waals surface area contributed by atoms with Crippen molar-refractivity contribution >= 4 is 0 Å². The molecule has 0 aliphatic carbocycles. The highest BCUT2D eigenvalue weighted by atomic mass is 16.5. The highest BCUT2D eigenvalue weighted by molar-refractivity contribution is 5.46. The summed E-state index contributed by atoms with van der Waals surface area (Å²) in [6, 6.07) is 5.61. The van der Waals surface area contributed by atoms with Crippen molar-refractivity contribution in [1.82, 2.24) is 0 Å². The minimum absolute atomic E-state index is 0.218. The maximum absolute atomic E-state index is 5.38. The molecule has 0 unspecified atom stereocenters. The van der Waals surface area contributed by atoms with Crippen molar-refractivity contribution in [3.63, 3.8) is 0 Å². The van der Waals surface area contributed by atoms with Gasteiger partial charge in [-0.2, -0.15) is 0 Å². The zero-order chi connectivity index (χ0) is 11.1. The van der Waals surface area contributed by atoms with Crippen LogP contribution in [-0.4, -0.2) is 13.2 Å². The molecule has 0 aromatic heterocycles. The largest absolute Gasteiger partial charge is 0.477 e. The summed E-state index contributed by atoms with van der Waals surface area (Å²) in [5.74, 6) is 6.10. The fraction of sp³-hybridized carbons (Fsp3) is 0.231. The molecule has 1 aromatic carbocycles. The van der Waals surface area contributed by atoms with E-state index in [4.69, 9.17) is 22.3 Å². The molecule has 2 nitrogen and oxygen atoms in total. The number of ether oxygens (including phenoxy) is 2. The summed E-state index contributed by atoms with van der Waals surface area (Å²) in [7, 11) is 0. The summed E-state index contributed by atoms with van der Waals surface area (Å²) in [4.78, 5) is 0. The first-order valence-corrected chi connectivity index (χ1v) is 4.51. The predicted molar refractivity (Wildman–Crippen MR) is 59.8 cm³/mol. The monoisotopic (exact) mass is 200 g/mol. The Morgan fingerprint density at radius 1 is 1.13 bits per heavy atom. The van der Waals surface area contributed by atoms with E-state index in [1.54, 1.807) is 6.07 Å². The summed E-state index contributed by atoms with van der Waals surface area (Å²) >= 11 is 0. The van der Waals surface area contributed by atoms with Crippen LogP contribution < -0.4 is 9.47 Å². The second-order valence-electron chi connectivity index (χ2n) is 2.89. The third-order valence-electron chi connectivity index (χ3n) is 1.79. The van der Waals surface area contributed by atoms with Gasteiger partial charge in [-0.25, -0.2) is 0 Å². The average Bonchev–Trinajstić information content (AvgIpc) is 2.25. The number of hydrogen-bond acceptors (Lipinski definition) is 2. The lowest BCUT2D eigenvalue weighted by atomic mass is 10.2. The van der Waals surface area contributed by atoms with E-state index in [2.05, 4.69) is 11.8 Å². The van der Waals surface area contributed by atoms with Crippen LogP contribution in [0.4, 0.5) is 0 Å². The molecule has 0 aliphatic rings. The first-order chi connectivity index (χ1) is 7.29. The number of benzene rings is 1. The van der Waals surface area contributed by atoms with Crippen LogP contribution in [0.25, 0.3) is 0 Å². The third-order valence-corrected chi connectivity index (χ3v) is 1.79. The van der Waals surface area contributed by atoms with Crippen LogP contribution >= 0.6 is 0 Å². The van der Waals surface area contributed by atoms with Crippen LogP contribution in [0.2, 0.25) is 0 Å². The summed E-state index contributed by atoms with van der Waals surface area (Å²) in [5.41, 5.74) is 0.972. The van der Waals surface area contributed by atoms with Gasteiger partial charge in [-0.05, 0) is 18.6 Å². The molecule has 0 saturated carbocycles. The summed E-state index contributed by atoms with van der Waals surface area (Å²) in [6.45, 7) is 2.36. The van der Waals surface area contributed by atoms with Crippen molar-refractivity contribution in [2.45, 2.75) is 6.92 Å². The molecule has 76 valence electrons. The molecule has 15 heavy (non-hydrogen) atoms. The van der Waals surface area contributed by atoms with Crippen LogP contribution in [0, 0.1) is 31.6 Å². The molecule has 0 amide bonds. The normalized spacial score (nSPS) is 8.73. The Morgan fingerprint density at radius 3 is 2.47 bits per heavy atom. The molecule has 0 heterocycles. The second-order valence-corrected chi connectivity index (χ2v) is 2.89. The minimum Gasteiger partial charge on any atom is -0.477 e. The first kappa shape index (κ1) is 11.0. The number of rotatable bonds is 4. The van der Waals surface area contributed by atoms with E-state index in [0.717, 1.165) is 5.56 Å². The Kier molecular flexibility index (Phi) is 4.13. The van der Waals surface area contributed by atoms with Gasteiger partial charge in [0, 0.05) is 0 Å². The smallest absolute Gasteiger partial charge is 0.165 e. The van der Waals surface area contributed by atoms with Crippen molar-refractivity contribution in [3.05, 3.63) is 23.8 Å². The maximum Gasteiger partial charge on any atom is 0.165 e. The van der Waals surface area contributed by atoms with Crippen molar-refractivity contribution in [2.75, 3.05) is 13.2 Å². The summed E-state index contributed by atoms with van der Waals surface area (Å²) in [5, 5.41) is 0. The van der Waals surface area contributed by atoms with Gasteiger partial charge in [0.25, 0.3) is 0 Å². The Hall–Kier alpha value is -2.06. The fourth-order valence-electron chi connectivity index (χ4n) is 1.16. The number of aryl methyl sites for hydroxylation is 1. The molecule has 0 N–H and O–H groups in total. The fourth-order valence-corrected chi connectivity index (χ4v) is 1.16. The maximum atomic E-state index is 5.38. The van der Waals surface area contributed by atoms with E-state index >= 15 is 0 Å². The van der Waals surface area contributed by atoms with Gasteiger partial charge in [0.2, 0.25) is 0 Å². The van der Waals surface area contributed by atoms with E-state index in [-0.39, 0.29) is 13.2 Å². The van der Waals surface area contributed by atoms with Crippen molar-refractivity contribution in [3.8, 4) is 36.2 Å². The van der Waals surface area contributed by atoms with Crippen LogP contribution in [-0.2, 0) is 0 Å². The Bertz CT molecular complexity index is 408. The van der Waals surface area contributed by atoms with Gasteiger partial charge in [-0.15, -0.1) is 12.8 Å². The van der Waals surface area contributed by atoms with Crippen molar-refractivity contribution in [1.29, 1.82) is 0 Å². The lowest BCUT2D eigenvalue weighted by Crippen LogP contribution is -2.01. The van der Waals surface area contributed by atoms with Crippen molar-refractivity contribution < 1.29 is 9.47 Å². The van der Waals surface area contributed by atoms with Gasteiger partial charge in [0.05, 0.1) is 0 Å². The molecule has 0 aliphatic heterocycles. The highest BCUT2D eigenvalue weighted by Gasteiger charge is 2.06. The van der Waals surface area contributed by atoms with Gasteiger partial charge in [-0.3, -0.25) is 0 Å². The Balaban J connectivity index is 2.89. The minimum atomic E-state index is 0.218. The SMILES string of the molecule is C#CCOc1cccc(C)c1OCC#C. The van der Waals surface area contributed by atoms with E-state index < -0.39 is 0 Å². The molecule has 0 fully saturated rings. The van der Waals surface area contributed by atoms with E-state index in [1.165, 1.54) is 0 Å². The highest BCUT2D eigenvalue weighted by Crippen LogP contribution is 2.30. The molecule has 0 radical (unpaired) electrons. The lowest BCUT2D eigenvalue weighted by molar-refractivity contribution is 0.313. The summed E-state index contributed by atoms with van der Waals surface area (Å²) < 4.78 is 10.7.